The number of carbonyl (C=O) groups excluding carboxylic acids is 1. The van der Waals surface area contributed by atoms with E-state index in [1.807, 2.05) is 11.8 Å². The smallest absolute Gasteiger partial charge is 0.235 e. The zero-order valence-electron chi connectivity index (χ0n) is 11.9. The Bertz CT molecular complexity index is 427. The van der Waals surface area contributed by atoms with Crippen LogP contribution in [0.5, 0.6) is 0 Å². The van der Waals surface area contributed by atoms with E-state index in [1.165, 1.54) is 30.4 Å². The summed E-state index contributed by atoms with van der Waals surface area (Å²) < 4.78 is 0. The number of nitrogens with zero attached hydrogens (tertiary/aromatic N) is 1. The van der Waals surface area contributed by atoms with Crippen molar-refractivity contribution in [1.82, 2.24) is 4.90 Å². The summed E-state index contributed by atoms with van der Waals surface area (Å²) in [5.74, 6) is 1.24. The van der Waals surface area contributed by atoms with Gasteiger partial charge in [-0.25, -0.2) is 0 Å². The first-order chi connectivity index (χ1) is 9.18. The van der Waals surface area contributed by atoms with Crippen LogP contribution in [0.4, 0.5) is 0 Å². The Balaban J connectivity index is 1.85. The molecule has 0 N–H and O–H groups in total. The van der Waals surface area contributed by atoms with E-state index in [0.29, 0.717) is 5.91 Å². The minimum atomic E-state index is 0.0673. The predicted octanol–water partition coefficient (Wildman–Crippen LogP) is 3.63. The normalized spacial score (nSPS) is 17.3. The number of piperidine rings is 1. The van der Waals surface area contributed by atoms with Gasteiger partial charge < -0.3 is 4.90 Å². The third kappa shape index (κ3) is 4.00. The van der Waals surface area contributed by atoms with E-state index in [4.69, 9.17) is 0 Å². The summed E-state index contributed by atoms with van der Waals surface area (Å²) in [6.07, 6.45) is 3.61. The third-order valence-corrected chi connectivity index (χ3v) is 4.94. The molecule has 2 rings (SSSR count). The Labute approximate surface area is 120 Å². The van der Waals surface area contributed by atoms with Crippen molar-refractivity contribution in [3.63, 3.8) is 0 Å². The first-order valence-electron chi connectivity index (χ1n) is 7.13. The SMILES string of the molecule is Cc1ccccc1CSC(C)C(=O)N1CCCCC1. The van der Waals surface area contributed by atoms with Crippen LogP contribution in [-0.2, 0) is 10.5 Å². The van der Waals surface area contributed by atoms with Gasteiger partial charge in [-0.05, 0) is 44.2 Å². The number of hydrogen-bond donors (Lipinski definition) is 0. The molecule has 3 heteroatoms. The van der Waals surface area contributed by atoms with Gasteiger partial charge in [-0.3, -0.25) is 4.79 Å². The molecule has 1 aromatic carbocycles. The van der Waals surface area contributed by atoms with Gasteiger partial charge in [0.05, 0.1) is 5.25 Å². The summed E-state index contributed by atoms with van der Waals surface area (Å²) >= 11 is 1.75. The Morgan fingerprint density at radius 3 is 2.63 bits per heavy atom. The maximum Gasteiger partial charge on any atom is 0.235 e. The topological polar surface area (TPSA) is 20.3 Å². The van der Waals surface area contributed by atoms with Crippen molar-refractivity contribution < 1.29 is 4.79 Å². The van der Waals surface area contributed by atoms with Crippen molar-refractivity contribution in [1.29, 1.82) is 0 Å². The van der Waals surface area contributed by atoms with Crippen molar-refractivity contribution in [3.05, 3.63) is 35.4 Å². The minimum Gasteiger partial charge on any atom is -0.342 e. The quantitative estimate of drug-likeness (QED) is 0.837. The Morgan fingerprint density at radius 2 is 1.95 bits per heavy atom. The summed E-state index contributed by atoms with van der Waals surface area (Å²) in [7, 11) is 0. The van der Waals surface area contributed by atoms with Crippen molar-refractivity contribution in [2.45, 2.75) is 44.1 Å². The molecule has 0 bridgehead atoms. The van der Waals surface area contributed by atoms with E-state index in [-0.39, 0.29) is 5.25 Å². The molecule has 104 valence electrons. The van der Waals surface area contributed by atoms with Crippen molar-refractivity contribution in [2.24, 2.45) is 0 Å². The molecule has 1 heterocycles. The zero-order valence-corrected chi connectivity index (χ0v) is 12.7. The van der Waals surface area contributed by atoms with Crippen LogP contribution in [0.1, 0.15) is 37.3 Å². The van der Waals surface area contributed by atoms with E-state index in [9.17, 15) is 4.79 Å². The van der Waals surface area contributed by atoms with E-state index in [2.05, 4.69) is 31.2 Å². The zero-order chi connectivity index (χ0) is 13.7. The largest absolute Gasteiger partial charge is 0.342 e. The predicted molar refractivity (Wildman–Crippen MR) is 82.4 cm³/mol. The molecule has 0 saturated carbocycles. The number of rotatable bonds is 4. The lowest BCUT2D eigenvalue weighted by Gasteiger charge is -2.29. The van der Waals surface area contributed by atoms with Gasteiger partial charge in [0, 0.05) is 18.8 Å². The molecular formula is C16H23NOS. The molecule has 1 aliphatic heterocycles. The lowest BCUT2D eigenvalue weighted by atomic mass is 10.1. The minimum absolute atomic E-state index is 0.0673. The van der Waals surface area contributed by atoms with Crippen molar-refractivity contribution >= 4 is 17.7 Å². The van der Waals surface area contributed by atoms with Gasteiger partial charge in [-0.1, -0.05) is 24.3 Å². The van der Waals surface area contributed by atoms with Gasteiger partial charge in [0.25, 0.3) is 0 Å². The number of carbonyl (C=O) groups is 1. The second-order valence-electron chi connectivity index (χ2n) is 5.27. The molecule has 0 aromatic heterocycles. The van der Waals surface area contributed by atoms with Crippen LogP contribution in [-0.4, -0.2) is 29.1 Å². The molecule has 1 atom stereocenters. The van der Waals surface area contributed by atoms with Gasteiger partial charge in [-0.2, -0.15) is 0 Å². The van der Waals surface area contributed by atoms with Crippen molar-refractivity contribution in [2.75, 3.05) is 13.1 Å². The first-order valence-corrected chi connectivity index (χ1v) is 8.18. The lowest BCUT2D eigenvalue weighted by molar-refractivity contribution is -0.131. The average Bonchev–Trinajstić information content (AvgIpc) is 2.46. The van der Waals surface area contributed by atoms with Gasteiger partial charge >= 0.3 is 0 Å². The highest BCUT2D eigenvalue weighted by Crippen LogP contribution is 2.22. The molecular weight excluding hydrogens is 254 g/mol. The number of aryl methyl sites for hydroxylation is 1. The summed E-state index contributed by atoms with van der Waals surface area (Å²) in [5, 5.41) is 0.0673. The fourth-order valence-corrected chi connectivity index (χ4v) is 3.47. The second-order valence-corrected chi connectivity index (χ2v) is 6.59. The van der Waals surface area contributed by atoms with Crippen LogP contribution in [0.3, 0.4) is 0 Å². The van der Waals surface area contributed by atoms with Crippen LogP contribution in [0.15, 0.2) is 24.3 Å². The lowest BCUT2D eigenvalue weighted by Crippen LogP contribution is -2.40. The molecule has 1 saturated heterocycles. The molecule has 0 radical (unpaired) electrons. The molecule has 19 heavy (non-hydrogen) atoms. The van der Waals surface area contributed by atoms with Crippen LogP contribution < -0.4 is 0 Å². The van der Waals surface area contributed by atoms with E-state index < -0.39 is 0 Å². The molecule has 1 unspecified atom stereocenters. The van der Waals surface area contributed by atoms with Crippen LogP contribution in [0.25, 0.3) is 0 Å². The van der Waals surface area contributed by atoms with E-state index >= 15 is 0 Å². The molecule has 1 aliphatic rings. The fourth-order valence-electron chi connectivity index (χ4n) is 2.43. The maximum absolute atomic E-state index is 12.3. The molecule has 0 aliphatic carbocycles. The summed E-state index contributed by atoms with van der Waals surface area (Å²) in [6.45, 7) is 6.08. The first kappa shape index (κ1) is 14.4. The highest BCUT2D eigenvalue weighted by molar-refractivity contribution is 7.99. The Morgan fingerprint density at radius 1 is 1.26 bits per heavy atom. The van der Waals surface area contributed by atoms with Crippen LogP contribution >= 0.6 is 11.8 Å². The molecule has 0 spiro atoms. The van der Waals surface area contributed by atoms with E-state index in [1.54, 1.807) is 11.8 Å². The molecule has 1 aromatic rings. The monoisotopic (exact) mass is 277 g/mol. The summed E-state index contributed by atoms with van der Waals surface area (Å²) in [4.78, 5) is 14.4. The number of benzene rings is 1. The number of hydrogen-bond acceptors (Lipinski definition) is 2. The highest BCUT2D eigenvalue weighted by atomic mass is 32.2. The number of thioether (sulfide) groups is 1. The van der Waals surface area contributed by atoms with Gasteiger partial charge in [-0.15, -0.1) is 11.8 Å². The standard InChI is InChI=1S/C16H23NOS/c1-13-8-4-5-9-15(13)12-19-14(2)16(18)17-10-6-3-7-11-17/h4-5,8-9,14H,3,6-7,10-12H2,1-2H3. The number of likely N-dealkylation sites (tertiary alicyclic amines) is 1. The summed E-state index contributed by atoms with van der Waals surface area (Å²) in [5.41, 5.74) is 2.65. The summed E-state index contributed by atoms with van der Waals surface area (Å²) in [6, 6.07) is 8.42. The molecule has 2 nitrogen and oxygen atoms in total. The van der Waals surface area contributed by atoms with Gasteiger partial charge in [0.1, 0.15) is 0 Å². The van der Waals surface area contributed by atoms with Crippen LogP contribution in [0, 0.1) is 6.92 Å². The molecule has 1 amide bonds. The molecule has 1 fully saturated rings. The average molecular weight is 277 g/mol. The highest BCUT2D eigenvalue weighted by Gasteiger charge is 2.22. The Hall–Kier alpha value is -0.960. The van der Waals surface area contributed by atoms with E-state index in [0.717, 1.165) is 18.8 Å². The fraction of sp³-hybridized carbons (Fsp3) is 0.562. The van der Waals surface area contributed by atoms with Crippen molar-refractivity contribution in [3.8, 4) is 0 Å². The third-order valence-electron chi connectivity index (χ3n) is 3.77. The van der Waals surface area contributed by atoms with Gasteiger partial charge in [0.2, 0.25) is 5.91 Å². The number of amides is 1. The maximum atomic E-state index is 12.3. The van der Waals surface area contributed by atoms with Gasteiger partial charge in [0.15, 0.2) is 0 Å². The Kier molecular flexibility index (Phi) is 5.32. The van der Waals surface area contributed by atoms with Crippen LogP contribution in [0.2, 0.25) is 0 Å². The second kappa shape index (κ2) is 6.99.